The van der Waals surface area contributed by atoms with Crippen LogP contribution in [0.3, 0.4) is 0 Å². The first-order chi connectivity index (χ1) is 15.9. The van der Waals surface area contributed by atoms with Crippen LogP contribution in [0.5, 0.6) is 0 Å². The number of hydrogen-bond acceptors (Lipinski definition) is 0. The van der Waals surface area contributed by atoms with Gasteiger partial charge in [0.05, 0.1) is 0 Å². The predicted molar refractivity (Wildman–Crippen MR) is 146 cm³/mol. The molecule has 4 aromatic rings. The van der Waals surface area contributed by atoms with E-state index in [-0.39, 0.29) is 5.41 Å². The normalized spacial score (nSPS) is 11.0. The minimum atomic E-state index is -0.0452. The van der Waals surface area contributed by atoms with Gasteiger partial charge in [-0.2, -0.15) is 0 Å². The van der Waals surface area contributed by atoms with E-state index in [1.165, 1.54) is 50.9 Å². The Morgan fingerprint density at radius 2 is 0.788 bits per heavy atom. The zero-order valence-electron chi connectivity index (χ0n) is 21.2. The molecule has 0 saturated heterocycles. The SMILES string of the molecule is CCC.CCc1ccc(-c2ccc(C(C)(C)c3ccc(-c4ccc(C)cc4)cc3)cc2)cc1. The summed E-state index contributed by atoms with van der Waals surface area (Å²) in [6, 6.07) is 35.7. The lowest BCUT2D eigenvalue weighted by Crippen LogP contribution is -2.18. The number of aryl methyl sites for hydroxylation is 2. The Kier molecular flexibility index (Phi) is 8.28. The quantitative estimate of drug-likeness (QED) is 0.293. The van der Waals surface area contributed by atoms with Crippen LogP contribution in [-0.2, 0) is 11.8 Å². The van der Waals surface area contributed by atoms with Gasteiger partial charge in [-0.1, -0.05) is 144 Å². The fourth-order valence-corrected chi connectivity index (χ4v) is 4.00. The lowest BCUT2D eigenvalue weighted by molar-refractivity contribution is 0.641. The molecular weight excluding hydrogens is 396 g/mol. The van der Waals surface area contributed by atoms with Gasteiger partial charge < -0.3 is 0 Å². The summed E-state index contributed by atoms with van der Waals surface area (Å²) < 4.78 is 0. The summed E-state index contributed by atoms with van der Waals surface area (Å²) in [6.45, 7) is 13.2. The third-order valence-electron chi connectivity index (χ3n) is 6.29. The summed E-state index contributed by atoms with van der Waals surface area (Å²) in [5, 5.41) is 0. The van der Waals surface area contributed by atoms with E-state index < -0.39 is 0 Å². The molecule has 4 rings (SSSR count). The van der Waals surface area contributed by atoms with Crippen molar-refractivity contribution in [2.45, 2.75) is 59.8 Å². The van der Waals surface area contributed by atoms with Gasteiger partial charge in [0, 0.05) is 5.41 Å². The Bertz CT molecular complexity index is 1110. The molecule has 0 spiro atoms. The second kappa shape index (κ2) is 11.1. The van der Waals surface area contributed by atoms with E-state index in [1.807, 2.05) is 0 Å². The van der Waals surface area contributed by atoms with Crippen LogP contribution < -0.4 is 0 Å². The van der Waals surface area contributed by atoms with Gasteiger partial charge >= 0.3 is 0 Å². The first-order valence-electron chi connectivity index (χ1n) is 12.3. The van der Waals surface area contributed by atoms with Gasteiger partial charge in [-0.15, -0.1) is 0 Å². The molecule has 0 aliphatic rings. The maximum atomic E-state index is 2.30. The molecule has 0 aliphatic heterocycles. The lowest BCUT2D eigenvalue weighted by Gasteiger charge is -2.26. The molecule has 0 nitrogen and oxygen atoms in total. The van der Waals surface area contributed by atoms with Gasteiger partial charge in [-0.25, -0.2) is 0 Å². The monoisotopic (exact) mass is 434 g/mol. The van der Waals surface area contributed by atoms with Crippen LogP contribution in [0, 0.1) is 6.92 Å². The van der Waals surface area contributed by atoms with E-state index in [2.05, 4.69) is 139 Å². The molecule has 0 radical (unpaired) electrons. The minimum Gasteiger partial charge on any atom is -0.0656 e. The predicted octanol–water partition coefficient (Wildman–Crippen LogP) is 9.63. The number of rotatable bonds is 5. The molecule has 0 heteroatoms. The topological polar surface area (TPSA) is 0 Å². The van der Waals surface area contributed by atoms with Crippen LogP contribution in [0.15, 0.2) is 97.1 Å². The Balaban J connectivity index is 0.000000968. The maximum absolute atomic E-state index is 2.30. The van der Waals surface area contributed by atoms with Crippen LogP contribution in [0.25, 0.3) is 22.3 Å². The largest absolute Gasteiger partial charge is 0.0656 e. The second-order valence-corrected chi connectivity index (χ2v) is 9.40. The molecule has 0 heterocycles. The van der Waals surface area contributed by atoms with Crippen molar-refractivity contribution in [3.8, 4) is 22.3 Å². The van der Waals surface area contributed by atoms with Gasteiger partial charge in [-0.3, -0.25) is 0 Å². The van der Waals surface area contributed by atoms with Gasteiger partial charge in [-0.05, 0) is 52.3 Å². The van der Waals surface area contributed by atoms with E-state index in [9.17, 15) is 0 Å². The van der Waals surface area contributed by atoms with Crippen LogP contribution >= 0.6 is 0 Å². The summed E-state index contributed by atoms with van der Waals surface area (Å²) in [7, 11) is 0. The average Bonchev–Trinajstić information content (AvgIpc) is 2.85. The van der Waals surface area contributed by atoms with E-state index >= 15 is 0 Å². The molecule has 0 fully saturated rings. The van der Waals surface area contributed by atoms with Crippen LogP contribution in [0.1, 0.15) is 63.3 Å². The molecule has 0 atom stereocenters. The van der Waals surface area contributed by atoms with Gasteiger partial charge in [0.15, 0.2) is 0 Å². The van der Waals surface area contributed by atoms with Gasteiger partial charge in [0.2, 0.25) is 0 Å². The van der Waals surface area contributed by atoms with Crippen molar-refractivity contribution in [3.63, 3.8) is 0 Å². The third-order valence-corrected chi connectivity index (χ3v) is 6.29. The van der Waals surface area contributed by atoms with Crippen molar-refractivity contribution in [1.82, 2.24) is 0 Å². The summed E-state index contributed by atoms with van der Waals surface area (Å²) in [6.07, 6.45) is 2.33. The molecule has 33 heavy (non-hydrogen) atoms. The molecule has 4 aromatic carbocycles. The molecular formula is C33H38. The fraction of sp³-hybridized carbons (Fsp3) is 0.273. The molecule has 0 unspecified atom stereocenters. The first kappa shape index (κ1) is 24.5. The highest BCUT2D eigenvalue weighted by Crippen LogP contribution is 2.34. The standard InChI is InChI=1S/C30H30.C3H8/c1-5-23-8-12-25(13-9-23)27-16-20-29(21-17-27)30(3,4)28-18-14-26(15-19-28)24-10-6-22(2)7-11-24;1-3-2/h6-21H,5H2,1-4H3;3H2,1-2H3. The third kappa shape index (κ3) is 6.02. The molecule has 0 bridgehead atoms. The van der Waals surface area contributed by atoms with Gasteiger partial charge in [0.1, 0.15) is 0 Å². The molecule has 0 N–H and O–H groups in total. The second-order valence-electron chi connectivity index (χ2n) is 9.40. The average molecular weight is 435 g/mol. The van der Waals surface area contributed by atoms with Crippen molar-refractivity contribution in [2.75, 3.05) is 0 Å². The molecule has 0 aromatic heterocycles. The van der Waals surface area contributed by atoms with Gasteiger partial charge in [0.25, 0.3) is 0 Å². The first-order valence-corrected chi connectivity index (χ1v) is 12.3. The summed E-state index contributed by atoms with van der Waals surface area (Å²) >= 11 is 0. The molecule has 0 saturated carbocycles. The summed E-state index contributed by atoms with van der Waals surface area (Å²) in [4.78, 5) is 0. The zero-order chi connectivity index (χ0) is 23.8. The van der Waals surface area contributed by atoms with Crippen molar-refractivity contribution in [3.05, 3.63) is 119 Å². The Hall–Kier alpha value is -3.12. The highest BCUT2D eigenvalue weighted by molar-refractivity contribution is 5.66. The zero-order valence-corrected chi connectivity index (χ0v) is 21.2. The van der Waals surface area contributed by atoms with E-state index in [0.717, 1.165) is 6.42 Å². The molecule has 0 amide bonds. The Morgan fingerprint density at radius 3 is 1.12 bits per heavy atom. The number of hydrogen-bond donors (Lipinski definition) is 0. The van der Waals surface area contributed by atoms with E-state index in [1.54, 1.807) is 0 Å². The highest BCUT2D eigenvalue weighted by atomic mass is 14.3. The summed E-state index contributed by atoms with van der Waals surface area (Å²) in [5.74, 6) is 0. The van der Waals surface area contributed by atoms with Crippen molar-refractivity contribution < 1.29 is 0 Å². The highest BCUT2D eigenvalue weighted by Gasteiger charge is 2.23. The van der Waals surface area contributed by atoms with E-state index in [0.29, 0.717) is 0 Å². The Labute approximate surface area is 201 Å². The Morgan fingerprint density at radius 1 is 0.485 bits per heavy atom. The van der Waals surface area contributed by atoms with Crippen LogP contribution in [0.2, 0.25) is 0 Å². The van der Waals surface area contributed by atoms with Crippen molar-refractivity contribution in [2.24, 2.45) is 0 Å². The van der Waals surface area contributed by atoms with Crippen molar-refractivity contribution in [1.29, 1.82) is 0 Å². The fourth-order valence-electron chi connectivity index (χ4n) is 4.00. The maximum Gasteiger partial charge on any atom is 0.0146 e. The van der Waals surface area contributed by atoms with Crippen LogP contribution in [0.4, 0.5) is 0 Å². The minimum absolute atomic E-state index is 0.0452. The summed E-state index contributed by atoms with van der Waals surface area (Å²) in [5.41, 5.74) is 10.4. The smallest absolute Gasteiger partial charge is 0.0146 e. The van der Waals surface area contributed by atoms with Crippen molar-refractivity contribution >= 4 is 0 Å². The lowest BCUT2D eigenvalue weighted by atomic mass is 9.77. The van der Waals surface area contributed by atoms with Crippen LogP contribution in [-0.4, -0.2) is 0 Å². The number of benzene rings is 4. The molecule has 170 valence electrons. The molecule has 0 aliphatic carbocycles. The van der Waals surface area contributed by atoms with E-state index in [4.69, 9.17) is 0 Å².